The molecule has 4 aromatic rings. The van der Waals surface area contributed by atoms with E-state index in [0.717, 1.165) is 37.6 Å². The van der Waals surface area contributed by atoms with Gasteiger partial charge in [0.2, 0.25) is 0 Å². The summed E-state index contributed by atoms with van der Waals surface area (Å²) in [6, 6.07) is 5.45. The van der Waals surface area contributed by atoms with Crippen LogP contribution in [0.4, 0.5) is 13.2 Å². The summed E-state index contributed by atoms with van der Waals surface area (Å²) >= 11 is 0. The van der Waals surface area contributed by atoms with E-state index >= 15 is 0 Å². The Morgan fingerprint density at radius 3 is 2.58 bits per heavy atom. The van der Waals surface area contributed by atoms with Crippen molar-refractivity contribution < 1.29 is 32.3 Å². The van der Waals surface area contributed by atoms with Crippen LogP contribution >= 0.6 is 0 Å². The Labute approximate surface area is 203 Å². The van der Waals surface area contributed by atoms with E-state index in [1.54, 1.807) is 26.2 Å². The maximum atomic E-state index is 13.3. The summed E-state index contributed by atoms with van der Waals surface area (Å²) in [5, 5.41) is 17.3. The highest BCUT2D eigenvalue weighted by molar-refractivity contribution is 5.99. The Hall–Kier alpha value is -3.86. The Balaban J connectivity index is 1.76. The third kappa shape index (κ3) is 4.41. The second kappa shape index (κ2) is 8.98. The van der Waals surface area contributed by atoms with Crippen molar-refractivity contribution in [3.63, 3.8) is 0 Å². The maximum absolute atomic E-state index is 13.3. The first kappa shape index (κ1) is 23.9. The van der Waals surface area contributed by atoms with Gasteiger partial charge in [0, 0.05) is 46.1 Å². The van der Waals surface area contributed by atoms with Crippen molar-refractivity contribution >= 4 is 17.0 Å². The zero-order valence-corrected chi connectivity index (χ0v) is 19.5. The molecule has 0 saturated carbocycles. The van der Waals surface area contributed by atoms with Crippen molar-refractivity contribution in [2.24, 2.45) is 0 Å². The molecule has 0 radical (unpaired) electrons. The van der Waals surface area contributed by atoms with Gasteiger partial charge in [-0.3, -0.25) is 0 Å². The Kier molecular flexibility index (Phi) is 5.95. The first-order chi connectivity index (χ1) is 17.1. The lowest BCUT2D eigenvalue weighted by atomic mass is 10.00. The first-order valence-electron chi connectivity index (χ1n) is 11.4. The average Bonchev–Trinajstić information content (AvgIpc) is 3.37. The fourth-order valence-corrected chi connectivity index (χ4v) is 4.83. The summed E-state index contributed by atoms with van der Waals surface area (Å²) in [4.78, 5) is 16.2. The highest BCUT2D eigenvalue weighted by atomic mass is 19.4. The Morgan fingerprint density at radius 1 is 1.19 bits per heavy atom. The van der Waals surface area contributed by atoms with Crippen molar-refractivity contribution in [3.05, 3.63) is 53.7 Å². The summed E-state index contributed by atoms with van der Waals surface area (Å²) in [6.45, 7) is 5.21. The van der Waals surface area contributed by atoms with Gasteiger partial charge in [-0.1, -0.05) is 5.16 Å². The van der Waals surface area contributed by atoms with Crippen LogP contribution < -0.4 is 10.1 Å². The van der Waals surface area contributed by atoms with Crippen LogP contribution in [0.5, 0.6) is 5.75 Å². The van der Waals surface area contributed by atoms with Gasteiger partial charge in [0.25, 0.3) is 0 Å². The van der Waals surface area contributed by atoms with Crippen LogP contribution in [0.1, 0.15) is 40.7 Å². The van der Waals surface area contributed by atoms with E-state index in [9.17, 15) is 23.1 Å². The molecule has 5 rings (SSSR count). The largest absolute Gasteiger partial charge is 0.573 e. The number of ether oxygens (including phenoxy) is 1. The molecule has 1 aromatic carbocycles. The molecule has 0 spiro atoms. The summed E-state index contributed by atoms with van der Waals surface area (Å²) < 4.78 is 51.5. The quantitative estimate of drug-likeness (QED) is 0.373. The minimum atomic E-state index is -5.00. The standard InChI is InChI=1S/C25H23F3N4O4/c1-13-22(14(2)36-31-13)16-9-19-20(12-32(23(19)30-11-16)17-5-7-29-8-6-17)18-4-3-15(24(33)34)10-21(18)35-25(26,27)28/h3-4,9-12,17,29H,5-8H2,1-2H3,(H,33,34). The SMILES string of the molecule is Cc1noc(C)c1-c1cnc2c(c1)c(-c1ccc(C(=O)O)cc1OC(F)(F)F)cn2C1CCNCC1. The van der Waals surface area contributed by atoms with E-state index in [1.807, 2.05) is 10.6 Å². The fourth-order valence-electron chi connectivity index (χ4n) is 4.83. The van der Waals surface area contributed by atoms with Crippen LogP contribution in [0.15, 0.2) is 41.2 Å². The Morgan fingerprint density at radius 2 is 1.94 bits per heavy atom. The molecule has 0 aliphatic carbocycles. The van der Waals surface area contributed by atoms with E-state index in [-0.39, 0.29) is 17.2 Å². The van der Waals surface area contributed by atoms with E-state index < -0.39 is 18.1 Å². The monoisotopic (exact) mass is 500 g/mol. The first-order valence-corrected chi connectivity index (χ1v) is 11.4. The van der Waals surface area contributed by atoms with Crippen LogP contribution in [-0.4, -0.2) is 45.2 Å². The highest BCUT2D eigenvalue weighted by Crippen LogP contribution is 2.42. The minimum Gasteiger partial charge on any atom is -0.478 e. The number of aromatic nitrogens is 3. The molecule has 4 heterocycles. The second-order valence-corrected chi connectivity index (χ2v) is 8.79. The molecule has 1 aliphatic rings. The van der Waals surface area contributed by atoms with Crippen molar-refractivity contribution in [1.29, 1.82) is 0 Å². The number of aromatic carboxylic acids is 1. The number of rotatable bonds is 5. The summed E-state index contributed by atoms with van der Waals surface area (Å²) in [5.74, 6) is -1.34. The number of nitrogens with zero attached hydrogens (tertiary/aromatic N) is 3. The molecule has 0 amide bonds. The number of fused-ring (bicyclic) bond motifs is 1. The molecule has 1 fully saturated rings. The number of aryl methyl sites for hydroxylation is 2. The van der Waals surface area contributed by atoms with E-state index in [4.69, 9.17) is 9.51 Å². The predicted molar refractivity (Wildman–Crippen MR) is 125 cm³/mol. The third-order valence-electron chi connectivity index (χ3n) is 6.44. The van der Waals surface area contributed by atoms with Crippen LogP contribution in [0, 0.1) is 13.8 Å². The number of piperidine rings is 1. The number of carbonyl (C=O) groups is 1. The van der Waals surface area contributed by atoms with E-state index in [0.29, 0.717) is 33.6 Å². The average molecular weight is 500 g/mol. The summed E-state index contributed by atoms with van der Waals surface area (Å²) in [5.41, 5.74) is 3.03. The number of benzene rings is 1. The smallest absolute Gasteiger partial charge is 0.478 e. The fraction of sp³-hybridized carbons (Fsp3) is 0.320. The molecular formula is C25H23F3N4O4. The zero-order valence-electron chi connectivity index (χ0n) is 19.5. The van der Waals surface area contributed by atoms with Crippen LogP contribution in [0.2, 0.25) is 0 Å². The summed E-state index contributed by atoms with van der Waals surface area (Å²) in [6.07, 6.45) is 0.154. The number of hydrogen-bond acceptors (Lipinski definition) is 6. The lowest BCUT2D eigenvalue weighted by Crippen LogP contribution is -2.29. The molecule has 3 aromatic heterocycles. The van der Waals surface area contributed by atoms with Crippen LogP contribution in [-0.2, 0) is 0 Å². The lowest BCUT2D eigenvalue weighted by Gasteiger charge is -2.24. The van der Waals surface area contributed by atoms with Gasteiger partial charge in [-0.15, -0.1) is 13.2 Å². The molecule has 2 N–H and O–H groups in total. The summed E-state index contributed by atoms with van der Waals surface area (Å²) in [7, 11) is 0. The van der Waals surface area contributed by atoms with Gasteiger partial charge < -0.3 is 24.3 Å². The maximum Gasteiger partial charge on any atom is 0.573 e. The van der Waals surface area contributed by atoms with Crippen LogP contribution in [0.25, 0.3) is 33.3 Å². The second-order valence-electron chi connectivity index (χ2n) is 8.79. The van der Waals surface area contributed by atoms with E-state index in [1.165, 1.54) is 12.1 Å². The molecule has 8 nitrogen and oxygen atoms in total. The molecule has 36 heavy (non-hydrogen) atoms. The third-order valence-corrected chi connectivity index (χ3v) is 6.44. The number of hydrogen-bond donors (Lipinski definition) is 2. The highest BCUT2D eigenvalue weighted by Gasteiger charge is 2.33. The molecular weight excluding hydrogens is 477 g/mol. The normalized spacial score (nSPS) is 14.9. The van der Waals surface area contributed by atoms with Gasteiger partial charge in [-0.2, -0.15) is 0 Å². The molecule has 11 heteroatoms. The van der Waals surface area contributed by atoms with Crippen molar-refractivity contribution in [2.45, 2.75) is 39.1 Å². The van der Waals surface area contributed by atoms with Gasteiger partial charge in [-0.25, -0.2) is 9.78 Å². The molecule has 1 saturated heterocycles. The number of carboxylic acid groups (broad SMARTS) is 1. The van der Waals surface area contributed by atoms with Gasteiger partial charge >= 0.3 is 12.3 Å². The number of nitrogens with one attached hydrogen (secondary N) is 1. The van der Waals surface area contributed by atoms with Crippen molar-refractivity contribution in [1.82, 2.24) is 20.0 Å². The van der Waals surface area contributed by atoms with Crippen LogP contribution in [0.3, 0.4) is 0 Å². The van der Waals surface area contributed by atoms with Crippen molar-refractivity contribution in [2.75, 3.05) is 13.1 Å². The zero-order chi connectivity index (χ0) is 25.6. The number of alkyl halides is 3. The Bertz CT molecular complexity index is 1430. The molecule has 0 atom stereocenters. The number of halogens is 3. The number of carboxylic acids is 1. The van der Waals surface area contributed by atoms with Gasteiger partial charge in [0.1, 0.15) is 17.2 Å². The predicted octanol–water partition coefficient (Wildman–Crippen LogP) is 5.50. The topological polar surface area (TPSA) is 102 Å². The van der Waals surface area contributed by atoms with Gasteiger partial charge in [-0.05, 0) is 64.0 Å². The van der Waals surface area contributed by atoms with Gasteiger partial charge in [0.15, 0.2) is 0 Å². The lowest BCUT2D eigenvalue weighted by molar-refractivity contribution is -0.274. The molecule has 0 bridgehead atoms. The number of pyridine rings is 1. The molecule has 0 unspecified atom stereocenters. The van der Waals surface area contributed by atoms with Gasteiger partial charge in [0.05, 0.1) is 11.3 Å². The van der Waals surface area contributed by atoms with Crippen molar-refractivity contribution in [3.8, 4) is 28.0 Å². The molecule has 188 valence electrons. The minimum absolute atomic E-state index is 0.102. The van der Waals surface area contributed by atoms with E-state index in [2.05, 4.69) is 15.2 Å². The molecule has 1 aliphatic heterocycles.